The summed E-state index contributed by atoms with van der Waals surface area (Å²) in [5, 5.41) is 10.6. The van der Waals surface area contributed by atoms with E-state index in [9.17, 15) is 0 Å². The van der Waals surface area contributed by atoms with Crippen LogP contribution in [0.5, 0.6) is 5.75 Å². The SMILES string of the molecule is CC(C)Oc1cccc(NC(CN)c2nc(-c3ccncc3)n[nH]2)c1.Cl.Cl.Cl. The molecule has 3 rings (SSSR count). The number of pyridine rings is 1. The monoisotopic (exact) mass is 446 g/mol. The summed E-state index contributed by atoms with van der Waals surface area (Å²) < 4.78 is 5.72. The van der Waals surface area contributed by atoms with Gasteiger partial charge in [0.25, 0.3) is 0 Å². The average Bonchev–Trinajstić information content (AvgIpc) is 3.10. The fourth-order valence-corrected chi connectivity index (χ4v) is 2.43. The van der Waals surface area contributed by atoms with Crippen molar-refractivity contribution in [3.63, 3.8) is 0 Å². The molecule has 28 heavy (non-hydrogen) atoms. The minimum atomic E-state index is -0.183. The number of benzene rings is 1. The van der Waals surface area contributed by atoms with Crippen molar-refractivity contribution in [3.8, 4) is 17.1 Å². The lowest BCUT2D eigenvalue weighted by molar-refractivity contribution is 0.242. The van der Waals surface area contributed by atoms with Crippen LogP contribution in [0.25, 0.3) is 11.4 Å². The zero-order valence-corrected chi connectivity index (χ0v) is 18.0. The van der Waals surface area contributed by atoms with Crippen molar-refractivity contribution < 1.29 is 4.74 Å². The molecule has 154 valence electrons. The Bertz CT molecular complexity index is 816. The highest BCUT2D eigenvalue weighted by molar-refractivity contribution is 5.86. The van der Waals surface area contributed by atoms with E-state index in [-0.39, 0.29) is 49.4 Å². The maximum Gasteiger partial charge on any atom is 0.181 e. The van der Waals surface area contributed by atoms with Crippen molar-refractivity contribution in [1.82, 2.24) is 20.2 Å². The number of H-pyrrole nitrogens is 1. The third kappa shape index (κ3) is 6.83. The van der Waals surface area contributed by atoms with Crippen molar-refractivity contribution >= 4 is 42.9 Å². The summed E-state index contributed by atoms with van der Waals surface area (Å²) in [7, 11) is 0. The van der Waals surface area contributed by atoms with Gasteiger partial charge >= 0.3 is 0 Å². The number of rotatable bonds is 7. The van der Waals surface area contributed by atoms with Crippen molar-refractivity contribution in [2.45, 2.75) is 26.0 Å². The number of ether oxygens (including phenoxy) is 1. The van der Waals surface area contributed by atoms with Gasteiger partial charge in [0.05, 0.1) is 12.1 Å². The summed E-state index contributed by atoms with van der Waals surface area (Å²) in [6, 6.07) is 11.3. The van der Waals surface area contributed by atoms with Crippen molar-refractivity contribution in [1.29, 1.82) is 0 Å². The summed E-state index contributed by atoms with van der Waals surface area (Å²) in [4.78, 5) is 8.55. The topological polar surface area (TPSA) is 102 Å². The molecule has 0 radical (unpaired) electrons. The Labute approximate surface area is 183 Å². The second-order valence-corrected chi connectivity index (χ2v) is 5.91. The van der Waals surface area contributed by atoms with Crippen LogP contribution in [0.4, 0.5) is 5.69 Å². The summed E-state index contributed by atoms with van der Waals surface area (Å²) in [5.74, 6) is 2.12. The summed E-state index contributed by atoms with van der Waals surface area (Å²) in [6.07, 6.45) is 3.55. The second kappa shape index (κ2) is 12.4. The maximum atomic E-state index is 5.93. The molecule has 10 heteroatoms. The molecule has 2 aromatic heterocycles. The van der Waals surface area contributed by atoms with Crippen molar-refractivity contribution in [3.05, 3.63) is 54.6 Å². The second-order valence-electron chi connectivity index (χ2n) is 5.91. The van der Waals surface area contributed by atoms with Gasteiger partial charge in [0, 0.05) is 36.3 Å². The highest BCUT2D eigenvalue weighted by atomic mass is 35.5. The number of halogens is 3. The molecule has 0 bridgehead atoms. The molecule has 2 heterocycles. The fraction of sp³-hybridized carbons (Fsp3) is 0.278. The number of hydrogen-bond donors (Lipinski definition) is 3. The van der Waals surface area contributed by atoms with Gasteiger partial charge in [-0.05, 0) is 38.1 Å². The van der Waals surface area contributed by atoms with Gasteiger partial charge in [0.15, 0.2) is 5.82 Å². The van der Waals surface area contributed by atoms with E-state index in [1.807, 2.05) is 50.2 Å². The first-order valence-electron chi connectivity index (χ1n) is 8.21. The van der Waals surface area contributed by atoms with Gasteiger partial charge in [-0.25, -0.2) is 4.98 Å². The Hall–Kier alpha value is -2.06. The van der Waals surface area contributed by atoms with Gasteiger partial charge in [0.1, 0.15) is 11.6 Å². The predicted molar refractivity (Wildman–Crippen MR) is 119 cm³/mol. The number of nitrogens with two attached hydrogens (primary N) is 1. The zero-order valence-electron chi connectivity index (χ0n) is 15.5. The molecule has 0 saturated heterocycles. The van der Waals surface area contributed by atoms with Crippen molar-refractivity contribution in [2.75, 3.05) is 11.9 Å². The van der Waals surface area contributed by atoms with E-state index >= 15 is 0 Å². The minimum Gasteiger partial charge on any atom is -0.491 e. The van der Waals surface area contributed by atoms with Crippen LogP contribution in [0.3, 0.4) is 0 Å². The number of aromatic amines is 1. The molecule has 0 aliphatic heterocycles. The van der Waals surface area contributed by atoms with Gasteiger partial charge in [-0.15, -0.1) is 37.2 Å². The third-order valence-electron chi connectivity index (χ3n) is 3.55. The molecule has 0 aliphatic carbocycles. The van der Waals surface area contributed by atoms with Gasteiger partial charge in [-0.2, -0.15) is 5.10 Å². The van der Waals surface area contributed by atoms with E-state index in [2.05, 4.69) is 25.5 Å². The normalized spacial score (nSPS) is 10.9. The summed E-state index contributed by atoms with van der Waals surface area (Å²) in [5.41, 5.74) is 7.74. The lowest BCUT2D eigenvalue weighted by Gasteiger charge is -2.17. The molecule has 0 spiro atoms. The van der Waals surface area contributed by atoms with E-state index in [1.54, 1.807) is 12.4 Å². The van der Waals surface area contributed by atoms with Gasteiger partial charge in [-0.3, -0.25) is 10.1 Å². The maximum absolute atomic E-state index is 5.93. The van der Waals surface area contributed by atoms with E-state index in [0.29, 0.717) is 18.2 Å². The standard InChI is InChI=1S/C18H22N6O.3ClH/c1-12(2)25-15-5-3-4-14(10-15)21-16(11-19)18-22-17(23-24-18)13-6-8-20-9-7-13;;;/h3-10,12,16,21H,11,19H2,1-2H3,(H,22,23,24);3*1H. The van der Waals surface area contributed by atoms with Gasteiger partial charge in [-0.1, -0.05) is 6.07 Å². The molecule has 0 saturated carbocycles. The number of hydrogen-bond acceptors (Lipinski definition) is 6. The smallest absolute Gasteiger partial charge is 0.181 e. The molecule has 3 aromatic rings. The van der Waals surface area contributed by atoms with E-state index in [0.717, 1.165) is 17.0 Å². The Morgan fingerprint density at radius 3 is 2.46 bits per heavy atom. The zero-order chi connectivity index (χ0) is 17.6. The number of anilines is 1. The number of aromatic nitrogens is 4. The van der Waals surface area contributed by atoms with E-state index in [1.165, 1.54) is 0 Å². The number of nitrogens with zero attached hydrogens (tertiary/aromatic N) is 3. The van der Waals surface area contributed by atoms with Crippen LogP contribution in [0, 0.1) is 0 Å². The Morgan fingerprint density at radius 2 is 1.82 bits per heavy atom. The summed E-state index contributed by atoms with van der Waals surface area (Å²) in [6.45, 7) is 4.37. The van der Waals surface area contributed by atoms with Crippen LogP contribution in [0.2, 0.25) is 0 Å². The van der Waals surface area contributed by atoms with E-state index < -0.39 is 0 Å². The molecule has 0 amide bonds. The first-order valence-corrected chi connectivity index (χ1v) is 8.21. The molecule has 4 N–H and O–H groups in total. The lowest BCUT2D eigenvalue weighted by Crippen LogP contribution is -2.22. The minimum absolute atomic E-state index is 0. The largest absolute Gasteiger partial charge is 0.491 e. The molecule has 7 nitrogen and oxygen atoms in total. The molecule has 0 fully saturated rings. The first-order chi connectivity index (χ1) is 12.2. The van der Waals surface area contributed by atoms with Crippen LogP contribution in [0.1, 0.15) is 25.7 Å². The van der Waals surface area contributed by atoms with Crippen LogP contribution < -0.4 is 15.8 Å². The average molecular weight is 448 g/mol. The van der Waals surface area contributed by atoms with Crippen molar-refractivity contribution in [2.24, 2.45) is 5.73 Å². The predicted octanol–water partition coefficient (Wildman–Crippen LogP) is 4.03. The quantitative estimate of drug-likeness (QED) is 0.505. The Kier molecular flexibility index (Phi) is 11.5. The first kappa shape index (κ1) is 25.9. The molecule has 1 aromatic carbocycles. The molecular weight excluding hydrogens is 423 g/mol. The summed E-state index contributed by atoms with van der Waals surface area (Å²) >= 11 is 0. The molecule has 1 atom stereocenters. The Balaban J connectivity index is 0.00000243. The van der Waals surface area contributed by atoms with Crippen LogP contribution in [0.15, 0.2) is 48.8 Å². The third-order valence-corrected chi connectivity index (χ3v) is 3.55. The fourth-order valence-electron chi connectivity index (χ4n) is 2.43. The Morgan fingerprint density at radius 1 is 1.11 bits per heavy atom. The highest BCUT2D eigenvalue weighted by Crippen LogP contribution is 2.23. The van der Waals surface area contributed by atoms with Crippen LogP contribution in [-0.4, -0.2) is 32.8 Å². The highest BCUT2D eigenvalue weighted by Gasteiger charge is 2.15. The molecule has 1 unspecified atom stereocenters. The van der Waals surface area contributed by atoms with E-state index in [4.69, 9.17) is 10.5 Å². The van der Waals surface area contributed by atoms with Crippen LogP contribution >= 0.6 is 37.2 Å². The number of nitrogens with one attached hydrogen (secondary N) is 2. The molecular formula is C18H25Cl3N6O. The lowest BCUT2D eigenvalue weighted by atomic mass is 10.2. The molecule has 0 aliphatic rings. The van der Waals surface area contributed by atoms with Gasteiger partial charge in [0.2, 0.25) is 0 Å². The van der Waals surface area contributed by atoms with Crippen LogP contribution in [-0.2, 0) is 0 Å². The van der Waals surface area contributed by atoms with Gasteiger partial charge < -0.3 is 15.8 Å².